The number of nitrogens with zero attached hydrogens (tertiary/aromatic N) is 1. The molecule has 0 radical (unpaired) electrons. The Hall–Kier alpha value is -1.36. The van der Waals surface area contributed by atoms with E-state index in [9.17, 15) is 4.79 Å². The van der Waals surface area contributed by atoms with Crippen molar-refractivity contribution < 1.29 is 9.21 Å². The maximum Gasteiger partial charge on any atom is 0.237 e. The Balaban J connectivity index is 1.89. The highest BCUT2D eigenvalue weighted by atomic mass is 16.4. The van der Waals surface area contributed by atoms with Crippen molar-refractivity contribution in [1.82, 2.24) is 15.6 Å². The van der Waals surface area contributed by atoms with Crippen LogP contribution in [0.1, 0.15) is 30.2 Å². The Morgan fingerprint density at radius 3 is 3.00 bits per heavy atom. The van der Waals surface area contributed by atoms with Gasteiger partial charge in [-0.25, -0.2) is 4.98 Å². The van der Waals surface area contributed by atoms with Crippen LogP contribution in [0.5, 0.6) is 0 Å². The Bertz CT molecular complexity index is 367. The van der Waals surface area contributed by atoms with Crippen molar-refractivity contribution in [2.24, 2.45) is 0 Å². The lowest BCUT2D eigenvalue weighted by Crippen LogP contribution is -2.47. The van der Waals surface area contributed by atoms with Gasteiger partial charge >= 0.3 is 0 Å². The highest BCUT2D eigenvalue weighted by molar-refractivity contribution is 5.82. The van der Waals surface area contributed by atoms with Crippen LogP contribution < -0.4 is 10.6 Å². The maximum atomic E-state index is 11.5. The number of hydrogen-bond donors (Lipinski definition) is 2. The molecule has 0 spiro atoms. The predicted octanol–water partition coefficient (Wildman–Crippen LogP) is 0.660. The zero-order valence-electron chi connectivity index (χ0n) is 9.67. The number of hydrogen-bond acceptors (Lipinski definition) is 4. The molecule has 0 saturated carbocycles. The summed E-state index contributed by atoms with van der Waals surface area (Å²) in [5.74, 6) is 1.56. The van der Waals surface area contributed by atoms with Crippen LogP contribution in [0.2, 0.25) is 0 Å². The van der Waals surface area contributed by atoms with E-state index >= 15 is 0 Å². The topological polar surface area (TPSA) is 67.2 Å². The SMILES string of the molecule is Cc1nc(CNC2CCCNC2=O)oc1C. The molecule has 1 aromatic heterocycles. The highest BCUT2D eigenvalue weighted by Crippen LogP contribution is 2.09. The number of rotatable bonds is 3. The summed E-state index contributed by atoms with van der Waals surface area (Å²) in [6, 6.07) is -0.110. The normalized spacial score (nSPS) is 20.9. The van der Waals surface area contributed by atoms with Crippen LogP contribution in [0.15, 0.2) is 4.42 Å². The zero-order chi connectivity index (χ0) is 11.5. The van der Waals surface area contributed by atoms with Crippen molar-refractivity contribution in [3.05, 3.63) is 17.3 Å². The molecule has 0 bridgehead atoms. The summed E-state index contributed by atoms with van der Waals surface area (Å²) in [6.45, 7) is 5.09. The number of carbonyl (C=O) groups is 1. The summed E-state index contributed by atoms with van der Waals surface area (Å²) in [5, 5.41) is 5.99. The molecule has 1 amide bonds. The monoisotopic (exact) mass is 223 g/mol. The molecule has 2 heterocycles. The van der Waals surface area contributed by atoms with Gasteiger partial charge in [0.2, 0.25) is 11.8 Å². The third-order valence-corrected chi connectivity index (χ3v) is 2.86. The van der Waals surface area contributed by atoms with Gasteiger partial charge in [-0.15, -0.1) is 0 Å². The molecule has 88 valence electrons. The van der Waals surface area contributed by atoms with Gasteiger partial charge in [-0.3, -0.25) is 10.1 Å². The molecule has 1 saturated heterocycles. The molecule has 1 unspecified atom stereocenters. The lowest BCUT2D eigenvalue weighted by Gasteiger charge is -2.22. The molecule has 5 heteroatoms. The number of oxazole rings is 1. The molecule has 0 aliphatic carbocycles. The number of aromatic nitrogens is 1. The van der Waals surface area contributed by atoms with Crippen molar-refractivity contribution in [3.63, 3.8) is 0 Å². The van der Waals surface area contributed by atoms with Crippen LogP contribution in [-0.2, 0) is 11.3 Å². The first kappa shape index (κ1) is 11.1. The predicted molar refractivity (Wildman–Crippen MR) is 58.8 cm³/mol. The van der Waals surface area contributed by atoms with Crippen LogP contribution in [-0.4, -0.2) is 23.5 Å². The molecule has 1 aromatic rings. The summed E-state index contributed by atoms with van der Waals surface area (Å²) >= 11 is 0. The molecular weight excluding hydrogens is 206 g/mol. The zero-order valence-corrected chi connectivity index (χ0v) is 9.67. The minimum absolute atomic E-state index is 0.0752. The van der Waals surface area contributed by atoms with Gasteiger partial charge in [-0.1, -0.05) is 0 Å². The molecule has 2 N–H and O–H groups in total. The lowest BCUT2D eigenvalue weighted by atomic mass is 10.1. The number of piperidine rings is 1. The molecule has 1 atom stereocenters. The van der Waals surface area contributed by atoms with Crippen molar-refractivity contribution in [2.45, 2.75) is 39.3 Å². The standard InChI is InChI=1S/C11H17N3O2/c1-7-8(2)16-10(14-7)6-13-9-4-3-5-12-11(9)15/h9,13H,3-6H2,1-2H3,(H,12,15). The molecule has 5 nitrogen and oxygen atoms in total. The fraction of sp³-hybridized carbons (Fsp3) is 0.636. The van der Waals surface area contributed by atoms with Crippen LogP contribution >= 0.6 is 0 Å². The largest absolute Gasteiger partial charge is 0.444 e. The summed E-state index contributed by atoms with van der Waals surface area (Å²) in [7, 11) is 0. The quantitative estimate of drug-likeness (QED) is 0.790. The number of amides is 1. The van der Waals surface area contributed by atoms with E-state index in [2.05, 4.69) is 15.6 Å². The third-order valence-electron chi connectivity index (χ3n) is 2.86. The summed E-state index contributed by atoms with van der Waals surface area (Å²) in [6.07, 6.45) is 1.90. The first-order valence-electron chi connectivity index (χ1n) is 5.61. The maximum absolute atomic E-state index is 11.5. The van der Waals surface area contributed by atoms with Gasteiger partial charge in [0, 0.05) is 6.54 Å². The smallest absolute Gasteiger partial charge is 0.237 e. The van der Waals surface area contributed by atoms with E-state index in [1.807, 2.05) is 13.8 Å². The van der Waals surface area contributed by atoms with Crippen LogP contribution in [0.3, 0.4) is 0 Å². The fourth-order valence-electron chi connectivity index (χ4n) is 1.79. The van der Waals surface area contributed by atoms with E-state index < -0.39 is 0 Å². The Kier molecular flexibility index (Phi) is 3.24. The molecule has 0 aromatic carbocycles. The van der Waals surface area contributed by atoms with E-state index in [0.717, 1.165) is 30.8 Å². The van der Waals surface area contributed by atoms with E-state index in [4.69, 9.17) is 4.42 Å². The molecule has 1 aliphatic rings. The Labute approximate surface area is 94.6 Å². The summed E-state index contributed by atoms with van der Waals surface area (Å²) in [5.41, 5.74) is 0.907. The highest BCUT2D eigenvalue weighted by Gasteiger charge is 2.21. The van der Waals surface area contributed by atoms with Gasteiger partial charge in [0.1, 0.15) is 5.76 Å². The average molecular weight is 223 g/mol. The lowest BCUT2D eigenvalue weighted by molar-refractivity contribution is -0.124. The van der Waals surface area contributed by atoms with Crippen LogP contribution in [0.4, 0.5) is 0 Å². The molecule has 1 fully saturated rings. The van der Waals surface area contributed by atoms with E-state index in [1.165, 1.54) is 0 Å². The second kappa shape index (κ2) is 4.65. The van der Waals surface area contributed by atoms with Gasteiger partial charge < -0.3 is 9.73 Å². The average Bonchev–Trinajstić information content (AvgIpc) is 2.57. The van der Waals surface area contributed by atoms with Gasteiger partial charge in [0.05, 0.1) is 18.3 Å². The Morgan fingerprint density at radius 2 is 2.38 bits per heavy atom. The number of nitrogens with one attached hydrogen (secondary N) is 2. The molecule has 16 heavy (non-hydrogen) atoms. The second-order valence-corrected chi connectivity index (χ2v) is 4.12. The summed E-state index contributed by atoms with van der Waals surface area (Å²) < 4.78 is 5.44. The van der Waals surface area contributed by atoms with Crippen molar-refractivity contribution >= 4 is 5.91 Å². The van der Waals surface area contributed by atoms with E-state index in [-0.39, 0.29) is 11.9 Å². The molecule has 1 aliphatic heterocycles. The Morgan fingerprint density at radius 1 is 1.56 bits per heavy atom. The molecule has 2 rings (SSSR count). The van der Waals surface area contributed by atoms with Gasteiger partial charge in [-0.2, -0.15) is 0 Å². The van der Waals surface area contributed by atoms with E-state index in [1.54, 1.807) is 0 Å². The fourth-order valence-corrected chi connectivity index (χ4v) is 1.79. The first-order chi connectivity index (χ1) is 7.66. The third kappa shape index (κ3) is 2.41. The van der Waals surface area contributed by atoms with Crippen molar-refractivity contribution in [1.29, 1.82) is 0 Å². The summed E-state index contributed by atoms with van der Waals surface area (Å²) in [4.78, 5) is 15.7. The van der Waals surface area contributed by atoms with Gasteiger partial charge in [-0.05, 0) is 26.7 Å². The minimum atomic E-state index is -0.110. The van der Waals surface area contributed by atoms with Crippen molar-refractivity contribution in [2.75, 3.05) is 6.54 Å². The van der Waals surface area contributed by atoms with Gasteiger partial charge in [0.15, 0.2) is 0 Å². The second-order valence-electron chi connectivity index (χ2n) is 4.12. The molecular formula is C11H17N3O2. The van der Waals surface area contributed by atoms with Crippen molar-refractivity contribution in [3.8, 4) is 0 Å². The number of carbonyl (C=O) groups excluding carboxylic acids is 1. The van der Waals surface area contributed by atoms with E-state index in [0.29, 0.717) is 12.4 Å². The minimum Gasteiger partial charge on any atom is -0.444 e. The van der Waals surface area contributed by atoms with Crippen LogP contribution in [0, 0.1) is 13.8 Å². The van der Waals surface area contributed by atoms with Gasteiger partial charge in [0.25, 0.3) is 0 Å². The van der Waals surface area contributed by atoms with Crippen LogP contribution in [0.25, 0.3) is 0 Å². The first-order valence-corrected chi connectivity index (χ1v) is 5.61. The number of aryl methyl sites for hydroxylation is 2.